The van der Waals surface area contributed by atoms with Gasteiger partial charge in [0, 0.05) is 12.4 Å². The molecule has 0 saturated heterocycles. The lowest BCUT2D eigenvalue weighted by atomic mass is 10.1. The SMILES string of the molecule is CC[C@H](C)c1csc(N(C)C(=O)[C@H](C)NC(N)=O)n1. The van der Waals surface area contributed by atoms with Gasteiger partial charge in [0.05, 0.1) is 5.69 Å². The number of primary amides is 1. The van der Waals surface area contributed by atoms with Gasteiger partial charge < -0.3 is 11.1 Å². The lowest BCUT2D eigenvalue weighted by Gasteiger charge is -2.19. The molecule has 1 aromatic heterocycles. The van der Waals surface area contributed by atoms with E-state index in [2.05, 4.69) is 24.1 Å². The first kappa shape index (κ1) is 15.4. The van der Waals surface area contributed by atoms with Crippen molar-refractivity contribution in [1.29, 1.82) is 0 Å². The third kappa shape index (κ3) is 3.92. The number of nitrogens with zero attached hydrogens (tertiary/aromatic N) is 2. The molecule has 1 aromatic rings. The predicted octanol–water partition coefficient (Wildman–Crippen LogP) is 1.68. The largest absolute Gasteiger partial charge is 0.352 e. The zero-order chi connectivity index (χ0) is 14.6. The summed E-state index contributed by atoms with van der Waals surface area (Å²) in [4.78, 5) is 28.7. The minimum absolute atomic E-state index is 0.246. The minimum Gasteiger partial charge on any atom is -0.352 e. The molecule has 3 amide bonds. The molecular formula is C12H20N4O2S. The van der Waals surface area contributed by atoms with Gasteiger partial charge in [-0.2, -0.15) is 0 Å². The summed E-state index contributed by atoms with van der Waals surface area (Å²) in [5.74, 6) is 0.124. The van der Waals surface area contributed by atoms with E-state index in [9.17, 15) is 9.59 Å². The Morgan fingerprint density at radius 3 is 2.68 bits per heavy atom. The summed E-state index contributed by atoms with van der Waals surface area (Å²) in [6.45, 7) is 5.78. The minimum atomic E-state index is -0.714. The van der Waals surface area contributed by atoms with Crippen molar-refractivity contribution in [2.75, 3.05) is 11.9 Å². The molecule has 1 rings (SSSR count). The van der Waals surface area contributed by atoms with Crippen LogP contribution in [0.4, 0.5) is 9.93 Å². The van der Waals surface area contributed by atoms with Crippen molar-refractivity contribution in [3.8, 4) is 0 Å². The Morgan fingerprint density at radius 2 is 2.16 bits per heavy atom. The van der Waals surface area contributed by atoms with Gasteiger partial charge in [0.15, 0.2) is 5.13 Å². The fourth-order valence-corrected chi connectivity index (χ4v) is 2.44. The van der Waals surface area contributed by atoms with E-state index in [1.165, 1.54) is 16.2 Å². The number of anilines is 1. The van der Waals surface area contributed by atoms with Crippen molar-refractivity contribution in [1.82, 2.24) is 10.3 Å². The van der Waals surface area contributed by atoms with Gasteiger partial charge >= 0.3 is 6.03 Å². The molecule has 0 unspecified atom stereocenters. The van der Waals surface area contributed by atoms with Gasteiger partial charge in [0.2, 0.25) is 0 Å². The fourth-order valence-electron chi connectivity index (χ4n) is 1.53. The number of likely N-dealkylation sites (N-methyl/N-ethyl adjacent to an activating group) is 1. The van der Waals surface area contributed by atoms with E-state index in [0.717, 1.165) is 12.1 Å². The molecule has 19 heavy (non-hydrogen) atoms. The zero-order valence-corrected chi connectivity index (χ0v) is 12.5. The summed E-state index contributed by atoms with van der Waals surface area (Å²) < 4.78 is 0. The first-order chi connectivity index (χ1) is 8.86. The second kappa shape index (κ2) is 6.51. The normalized spacial score (nSPS) is 13.7. The van der Waals surface area contributed by atoms with Crippen LogP contribution in [0.15, 0.2) is 5.38 Å². The van der Waals surface area contributed by atoms with Crippen LogP contribution in [-0.2, 0) is 4.79 Å². The van der Waals surface area contributed by atoms with Crippen LogP contribution in [0.5, 0.6) is 0 Å². The van der Waals surface area contributed by atoms with Crippen molar-refractivity contribution in [2.24, 2.45) is 5.73 Å². The third-order valence-corrected chi connectivity index (χ3v) is 3.91. The summed E-state index contributed by atoms with van der Waals surface area (Å²) in [5.41, 5.74) is 5.98. The molecule has 0 aromatic carbocycles. The average molecular weight is 284 g/mol. The lowest BCUT2D eigenvalue weighted by Crippen LogP contribution is -2.47. The van der Waals surface area contributed by atoms with Crippen LogP contribution in [0.2, 0.25) is 0 Å². The highest BCUT2D eigenvalue weighted by molar-refractivity contribution is 7.14. The molecule has 0 aliphatic heterocycles. The Morgan fingerprint density at radius 1 is 1.53 bits per heavy atom. The number of hydrogen-bond acceptors (Lipinski definition) is 4. The number of amides is 3. The van der Waals surface area contributed by atoms with Crippen LogP contribution in [0, 0.1) is 0 Å². The molecule has 0 saturated carbocycles. The van der Waals surface area contributed by atoms with Crippen LogP contribution in [0.25, 0.3) is 0 Å². The van der Waals surface area contributed by atoms with Crippen molar-refractivity contribution in [2.45, 2.75) is 39.2 Å². The number of thiazole rings is 1. The molecule has 6 nitrogen and oxygen atoms in total. The van der Waals surface area contributed by atoms with Crippen LogP contribution >= 0.6 is 11.3 Å². The molecule has 0 spiro atoms. The maximum Gasteiger partial charge on any atom is 0.312 e. The first-order valence-electron chi connectivity index (χ1n) is 6.15. The second-order valence-corrected chi connectivity index (χ2v) is 5.33. The van der Waals surface area contributed by atoms with Gasteiger partial charge in [-0.25, -0.2) is 9.78 Å². The summed E-state index contributed by atoms with van der Waals surface area (Å²) in [7, 11) is 1.64. The van der Waals surface area contributed by atoms with E-state index in [1.807, 2.05) is 5.38 Å². The van der Waals surface area contributed by atoms with Gasteiger partial charge in [-0.1, -0.05) is 13.8 Å². The van der Waals surface area contributed by atoms with Crippen molar-refractivity contribution in [3.05, 3.63) is 11.1 Å². The van der Waals surface area contributed by atoms with Crippen molar-refractivity contribution >= 4 is 28.4 Å². The van der Waals surface area contributed by atoms with Crippen molar-refractivity contribution in [3.63, 3.8) is 0 Å². The number of nitrogens with one attached hydrogen (secondary N) is 1. The van der Waals surface area contributed by atoms with E-state index < -0.39 is 12.1 Å². The van der Waals surface area contributed by atoms with Gasteiger partial charge in [0.1, 0.15) is 6.04 Å². The van der Waals surface area contributed by atoms with Crippen LogP contribution in [0.3, 0.4) is 0 Å². The van der Waals surface area contributed by atoms with Crippen LogP contribution in [-0.4, -0.2) is 30.0 Å². The Balaban J connectivity index is 2.76. The lowest BCUT2D eigenvalue weighted by molar-refractivity contribution is -0.119. The highest BCUT2D eigenvalue weighted by Gasteiger charge is 2.22. The molecular weight excluding hydrogens is 264 g/mol. The number of nitrogens with two attached hydrogens (primary N) is 1. The molecule has 0 aliphatic carbocycles. The van der Waals surface area contributed by atoms with E-state index in [-0.39, 0.29) is 5.91 Å². The average Bonchev–Trinajstić information content (AvgIpc) is 2.84. The fraction of sp³-hybridized carbons (Fsp3) is 0.583. The maximum absolute atomic E-state index is 12.0. The molecule has 106 valence electrons. The van der Waals surface area contributed by atoms with Gasteiger partial charge in [-0.3, -0.25) is 9.69 Å². The molecule has 2 atom stereocenters. The first-order valence-corrected chi connectivity index (χ1v) is 7.03. The summed E-state index contributed by atoms with van der Waals surface area (Å²) in [6, 6.07) is -1.38. The molecule has 7 heteroatoms. The Hall–Kier alpha value is -1.63. The molecule has 1 heterocycles. The van der Waals surface area contributed by atoms with E-state index >= 15 is 0 Å². The topological polar surface area (TPSA) is 88.3 Å². The Bertz CT molecular complexity index is 460. The van der Waals surface area contributed by atoms with Crippen LogP contribution in [0.1, 0.15) is 38.8 Å². The van der Waals surface area contributed by atoms with E-state index in [4.69, 9.17) is 5.73 Å². The third-order valence-electron chi connectivity index (χ3n) is 2.97. The monoisotopic (exact) mass is 284 g/mol. The highest BCUT2D eigenvalue weighted by atomic mass is 32.1. The molecule has 0 aliphatic rings. The number of aromatic nitrogens is 1. The molecule has 0 radical (unpaired) electrons. The summed E-state index contributed by atoms with van der Waals surface area (Å²) in [5, 5.41) is 4.94. The molecule has 0 bridgehead atoms. The molecule has 3 N–H and O–H groups in total. The maximum atomic E-state index is 12.0. The van der Waals surface area contributed by atoms with Crippen molar-refractivity contribution < 1.29 is 9.59 Å². The van der Waals surface area contributed by atoms with Gasteiger partial charge in [-0.05, 0) is 19.3 Å². The summed E-state index contributed by atoms with van der Waals surface area (Å²) in [6.07, 6.45) is 1.00. The predicted molar refractivity (Wildman–Crippen MR) is 76.4 cm³/mol. The van der Waals surface area contributed by atoms with Gasteiger partial charge in [-0.15, -0.1) is 11.3 Å². The highest BCUT2D eigenvalue weighted by Crippen LogP contribution is 2.26. The Kier molecular flexibility index (Phi) is 5.29. The number of carbonyl (C=O) groups is 2. The van der Waals surface area contributed by atoms with E-state index in [1.54, 1.807) is 14.0 Å². The number of hydrogen-bond donors (Lipinski definition) is 2. The molecule has 0 fully saturated rings. The number of urea groups is 1. The van der Waals surface area contributed by atoms with E-state index in [0.29, 0.717) is 11.0 Å². The number of carbonyl (C=O) groups excluding carboxylic acids is 2. The van der Waals surface area contributed by atoms with Crippen LogP contribution < -0.4 is 16.0 Å². The summed E-state index contributed by atoms with van der Waals surface area (Å²) >= 11 is 1.42. The second-order valence-electron chi connectivity index (χ2n) is 4.49. The zero-order valence-electron chi connectivity index (χ0n) is 11.6. The van der Waals surface area contributed by atoms with Gasteiger partial charge in [0.25, 0.3) is 5.91 Å². The Labute approximate surface area is 117 Å². The standard InChI is InChI=1S/C12H20N4O2S/c1-5-7(2)9-6-19-12(15-9)16(4)10(17)8(3)14-11(13)18/h6-8H,5H2,1-4H3,(H3,13,14,18)/t7-,8-/m0/s1. The number of rotatable bonds is 5. The quantitative estimate of drug-likeness (QED) is 0.862. The smallest absolute Gasteiger partial charge is 0.312 e.